The van der Waals surface area contributed by atoms with Crippen molar-refractivity contribution in [2.75, 3.05) is 32.8 Å². The van der Waals surface area contributed by atoms with E-state index in [0.717, 1.165) is 18.7 Å². The molecule has 174 valence electrons. The van der Waals surface area contributed by atoms with E-state index >= 15 is 0 Å². The first-order valence-electron chi connectivity index (χ1n) is 10.8. The second-order valence-corrected chi connectivity index (χ2v) is 8.42. The number of ether oxygens (including phenoxy) is 1. The van der Waals surface area contributed by atoms with Gasteiger partial charge in [0.1, 0.15) is 17.7 Å². The first-order chi connectivity index (χ1) is 16.0. The number of morpholine rings is 1. The summed E-state index contributed by atoms with van der Waals surface area (Å²) in [6, 6.07) is 13.1. The van der Waals surface area contributed by atoms with Gasteiger partial charge in [0.2, 0.25) is 5.91 Å². The molecule has 0 aliphatic carbocycles. The molecule has 1 N–H and O–H groups in total. The maximum atomic E-state index is 13.7. The van der Waals surface area contributed by atoms with Crippen molar-refractivity contribution >= 4 is 17.5 Å². The summed E-state index contributed by atoms with van der Waals surface area (Å²) in [5.74, 6) is -0.0884. The van der Waals surface area contributed by atoms with E-state index in [0.29, 0.717) is 36.2 Å². The third-order valence-corrected chi connectivity index (χ3v) is 6.00. The van der Waals surface area contributed by atoms with Crippen LogP contribution in [0, 0.1) is 12.7 Å². The second kappa shape index (κ2) is 10.8. The maximum Gasteiger partial charge on any atom is 0.245 e. The molecular formula is C23H26ClFN6O2. The summed E-state index contributed by atoms with van der Waals surface area (Å²) in [5.41, 5.74) is 1.70. The Morgan fingerprint density at radius 1 is 1.21 bits per heavy atom. The number of rotatable bonds is 8. The number of aromatic nitrogens is 4. The molecule has 0 bridgehead atoms. The number of amides is 1. The molecule has 2 unspecified atom stereocenters. The Kier molecular flexibility index (Phi) is 7.64. The monoisotopic (exact) mass is 472 g/mol. The van der Waals surface area contributed by atoms with Crippen LogP contribution >= 0.6 is 11.6 Å². The van der Waals surface area contributed by atoms with E-state index in [2.05, 4.69) is 25.7 Å². The molecule has 4 rings (SSSR count). The summed E-state index contributed by atoms with van der Waals surface area (Å²) in [6.07, 6.45) is 0.259. The van der Waals surface area contributed by atoms with Gasteiger partial charge in [-0.25, -0.2) is 9.07 Å². The van der Waals surface area contributed by atoms with Gasteiger partial charge in [-0.05, 0) is 52.7 Å². The van der Waals surface area contributed by atoms with Crippen LogP contribution in [0.5, 0.6) is 0 Å². The van der Waals surface area contributed by atoms with Crippen LogP contribution in [0.15, 0.2) is 48.5 Å². The number of nitrogens with zero attached hydrogens (tertiary/aromatic N) is 5. The Hall–Kier alpha value is -2.88. The number of carbonyl (C=O) groups is 1. The van der Waals surface area contributed by atoms with Crippen molar-refractivity contribution in [2.24, 2.45) is 0 Å². The van der Waals surface area contributed by atoms with Gasteiger partial charge in [-0.3, -0.25) is 9.69 Å². The lowest BCUT2D eigenvalue weighted by Gasteiger charge is -2.35. The SMILES string of the molecule is Cc1nnnn1C(Cc1cccc(F)c1)C(=O)NCC(c1cccc(Cl)c1)N1CCOCC1. The number of carbonyl (C=O) groups excluding carboxylic acids is 1. The first-order valence-corrected chi connectivity index (χ1v) is 11.2. The highest BCUT2D eigenvalue weighted by Gasteiger charge is 2.28. The number of halogens is 2. The van der Waals surface area contributed by atoms with Gasteiger partial charge >= 0.3 is 0 Å². The van der Waals surface area contributed by atoms with Crippen LogP contribution in [0.2, 0.25) is 5.02 Å². The van der Waals surface area contributed by atoms with Crippen LogP contribution in [0.3, 0.4) is 0 Å². The minimum Gasteiger partial charge on any atom is -0.379 e. The lowest BCUT2D eigenvalue weighted by Crippen LogP contribution is -2.45. The number of nitrogens with one attached hydrogen (secondary N) is 1. The van der Waals surface area contributed by atoms with Crippen molar-refractivity contribution in [3.8, 4) is 0 Å². The van der Waals surface area contributed by atoms with Gasteiger partial charge in [-0.15, -0.1) is 5.10 Å². The second-order valence-electron chi connectivity index (χ2n) is 7.98. The molecule has 0 radical (unpaired) electrons. The Morgan fingerprint density at radius 3 is 2.70 bits per heavy atom. The molecule has 0 saturated carbocycles. The smallest absolute Gasteiger partial charge is 0.245 e. The molecule has 1 aliphatic heterocycles. The largest absolute Gasteiger partial charge is 0.379 e. The van der Waals surface area contributed by atoms with Crippen molar-refractivity contribution in [3.05, 3.63) is 76.3 Å². The van der Waals surface area contributed by atoms with E-state index in [-0.39, 0.29) is 24.2 Å². The summed E-state index contributed by atoms with van der Waals surface area (Å²) in [4.78, 5) is 15.7. The van der Waals surface area contributed by atoms with Gasteiger partial charge in [0, 0.05) is 31.1 Å². The minimum absolute atomic E-state index is 0.0682. The highest BCUT2D eigenvalue weighted by molar-refractivity contribution is 6.30. The first kappa shape index (κ1) is 23.3. The van der Waals surface area contributed by atoms with Crippen molar-refractivity contribution in [1.82, 2.24) is 30.4 Å². The van der Waals surface area contributed by atoms with Gasteiger partial charge in [0.25, 0.3) is 0 Å². The molecule has 0 spiro atoms. The fraction of sp³-hybridized carbons (Fsp3) is 0.391. The maximum absolute atomic E-state index is 13.7. The standard InChI is InChI=1S/C23H26ClFN6O2/c1-16-27-28-29-31(16)21(13-17-4-2-7-20(25)12-17)23(32)26-15-22(30-8-10-33-11-9-30)18-5-3-6-19(24)14-18/h2-7,12,14,21-22H,8-11,13,15H2,1H3,(H,26,32). The van der Waals surface area contributed by atoms with E-state index in [1.807, 2.05) is 24.3 Å². The Bertz CT molecular complexity index is 1090. The third kappa shape index (κ3) is 5.93. The average molecular weight is 473 g/mol. The summed E-state index contributed by atoms with van der Waals surface area (Å²) < 4.78 is 20.7. The molecule has 1 saturated heterocycles. The van der Waals surface area contributed by atoms with Crippen molar-refractivity contribution < 1.29 is 13.9 Å². The summed E-state index contributed by atoms with van der Waals surface area (Å²) >= 11 is 6.24. The molecule has 1 fully saturated rings. The molecule has 1 amide bonds. The molecule has 1 aliphatic rings. The average Bonchev–Trinajstić information content (AvgIpc) is 3.24. The Labute approximate surface area is 196 Å². The number of hydrogen-bond acceptors (Lipinski definition) is 6. The molecule has 10 heteroatoms. The molecule has 8 nitrogen and oxygen atoms in total. The molecule has 2 aromatic carbocycles. The van der Waals surface area contributed by atoms with Crippen molar-refractivity contribution in [1.29, 1.82) is 0 Å². The van der Waals surface area contributed by atoms with E-state index < -0.39 is 6.04 Å². The summed E-state index contributed by atoms with van der Waals surface area (Å²) in [6.45, 7) is 4.89. The normalized spacial score (nSPS) is 16.3. The Balaban J connectivity index is 1.54. The zero-order chi connectivity index (χ0) is 23.2. The molecule has 2 atom stereocenters. The highest BCUT2D eigenvalue weighted by atomic mass is 35.5. The van der Waals surface area contributed by atoms with Gasteiger partial charge in [-0.2, -0.15) is 0 Å². The van der Waals surface area contributed by atoms with Crippen LogP contribution in [0.25, 0.3) is 0 Å². The van der Waals surface area contributed by atoms with Crippen molar-refractivity contribution in [2.45, 2.75) is 25.4 Å². The Morgan fingerprint density at radius 2 is 2.00 bits per heavy atom. The predicted molar refractivity (Wildman–Crippen MR) is 121 cm³/mol. The van der Waals surface area contributed by atoms with Gasteiger partial charge < -0.3 is 10.1 Å². The predicted octanol–water partition coefficient (Wildman–Crippen LogP) is 2.75. The summed E-state index contributed by atoms with van der Waals surface area (Å²) in [7, 11) is 0. The fourth-order valence-electron chi connectivity index (χ4n) is 4.08. The molecular weight excluding hydrogens is 447 g/mol. The number of benzene rings is 2. The molecule has 1 aromatic heterocycles. The number of hydrogen-bond donors (Lipinski definition) is 1. The van der Waals surface area contributed by atoms with Crippen LogP contribution in [-0.4, -0.2) is 63.9 Å². The molecule has 2 heterocycles. The van der Waals surface area contributed by atoms with Crippen molar-refractivity contribution in [3.63, 3.8) is 0 Å². The quantitative estimate of drug-likeness (QED) is 0.542. The van der Waals surface area contributed by atoms with E-state index in [4.69, 9.17) is 16.3 Å². The van der Waals surface area contributed by atoms with E-state index in [1.165, 1.54) is 16.8 Å². The van der Waals surface area contributed by atoms with E-state index in [1.54, 1.807) is 19.1 Å². The molecule has 33 heavy (non-hydrogen) atoms. The van der Waals surface area contributed by atoms with Crippen LogP contribution in [0.4, 0.5) is 4.39 Å². The highest BCUT2D eigenvalue weighted by Crippen LogP contribution is 2.24. The van der Waals surface area contributed by atoms with Gasteiger partial charge in [0.15, 0.2) is 0 Å². The fourth-order valence-corrected chi connectivity index (χ4v) is 4.28. The summed E-state index contributed by atoms with van der Waals surface area (Å²) in [5, 5.41) is 15.3. The number of tetrazole rings is 1. The number of aryl methyl sites for hydroxylation is 1. The topological polar surface area (TPSA) is 85.2 Å². The zero-order valence-corrected chi connectivity index (χ0v) is 19.1. The lowest BCUT2D eigenvalue weighted by molar-refractivity contribution is -0.125. The van der Waals surface area contributed by atoms with Crippen LogP contribution in [0.1, 0.15) is 29.0 Å². The van der Waals surface area contributed by atoms with Gasteiger partial charge in [-0.1, -0.05) is 35.9 Å². The van der Waals surface area contributed by atoms with Gasteiger partial charge in [0.05, 0.1) is 19.3 Å². The lowest BCUT2D eigenvalue weighted by atomic mass is 10.0. The van der Waals surface area contributed by atoms with Crippen LogP contribution < -0.4 is 5.32 Å². The van der Waals surface area contributed by atoms with E-state index in [9.17, 15) is 9.18 Å². The zero-order valence-electron chi connectivity index (χ0n) is 18.3. The third-order valence-electron chi connectivity index (χ3n) is 5.76. The van der Waals surface area contributed by atoms with Crippen LogP contribution in [-0.2, 0) is 16.0 Å². The minimum atomic E-state index is -0.716. The molecule has 3 aromatic rings.